The molecule has 0 radical (unpaired) electrons. The highest BCUT2D eigenvalue weighted by molar-refractivity contribution is 4.92. The second-order valence-electron chi connectivity index (χ2n) is 8.40. The summed E-state index contributed by atoms with van der Waals surface area (Å²) in [7, 11) is 0. The number of hydrogen-bond acceptors (Lipinski definition) is 2. The first-order valence-electron chi connectivity index (χ1n) is 9.49. The van der Waals surface area contributed by atoms with Gasteiger partial charge in [-0.3, -0.25) is 4.90 Å². The van der Waals surface area contributed by atoms with Gasteiger partial charge >= 0.3 is 0 Å². The molecule has 2 aliphatic rings. The van der Waals surface area contributed by atoms with E-state index in [1.807, 2.05) is 0 Å². The van der Waals surface area contributed by atoms with Crippen molar-refractivity contribution in [3.8, 4) is 0 Å². The van der Waals surface area contributed by atoms with Crippen LogP contribution in [0.2, 0.25) is 0 Å². The average molecular weight is 295 g/mol. The van der Waals surface area contributed by atoms with Gasteiger partial charge in [0.25, 0.3) is 0 Å². The molecular weight excluding hydrogens is 256 g/mol. The van der Waals surface area contributed by atoms with Gasteiger partial charge in [0.1, 0.15) is 0 Å². The van der Waals surface area contributed by atoms with Crippen molar-refractivity contribution in [3.63, 3.8) is 0 Å². The first-order valence-corrected chi connectivity index (χ1v) is 9.49. The van der Waals surface area contributed by atoms with Crippen LogP contribution in [0.1, 0.15) is 72.6 Å². The molecule has 1 aliphatic carbocycles. The lowest BCUT2D eigenvalue weighted by atomic mass is 9.69. The maximum Gasteiger partial charge on any atom is 0.00933 e. The normalized spacial score (nSPS) is 34.7. The van der Waals surface area contributed by atoms with Gasteiger partial charge in [0.15, 0.2) is 0 Å². The molecule has 0 spiro atoms. The summed E-state index contributed by atoms with van der Waals surface area (Å²) < 4.78 is 0. The monoisotopic (exact) mass is 294 g/mol. The molecule has 1 heterocycles. The van der Waals surface area contributed by atoms with E-state index >= 15 is 0 Å². The van der Waals surface area contributed by atoms with Crippen molar-refractivity contribution < 1.29 is 0 Å². The minimum Gasteiger partial charge on any atom is -0.316 e. The number of nitrogens with zero attached hydrogens (tertiary/aromatic N) is 1. The van der Waals surface area contributed by atoms with E-state index < -0.39 is 0 Å². The summed E-state index contributed by atoms with van der Waals surface area (Å²) in [6, 6.07) is 0.865. The Morgan fingerprint density at radius 3 is 2.71 bits per heavy atom. The van der Waals surface area contributed by atoms with Gasteiger partial charge in [0, 0.05) is 19.1 Å². The van der Waals surface area contributed by atoms with Gasteiger partial charge in [0.05, 0.1) is 0 Å². The van der Waals surface area contributed by atoms with Crippen LogP contribution in [0.4, 0.5) is 0 Å². The Labute approximate surface area is 133 Å². The van der Waals surface area contributed by atoms with Crippen molar-refractivity contribution in [1.29, 1.82) is 0 Å². The van der Waals surface area contributed by atoms with Crippen LogP contribution >= 0.6 is 0 Å². The molecule has 1 N–H and O–H groups in total. The first-order chi connectivity index (χ1) is 10.0. The van der Waals surface area contributed by atoms with Crippen LogP contribution in [0.25, 0.3) is 0 Å². The van der Waals surface area contributed by atoms with Crippen molar-refractivity contribution in [2.45, 2.75) is 78.7 Å². The summed E-state index contributed by atoms with van der Waals surface area (Å²) in [4.78, 5) is 2.83. The Hall–Kier alpha value is -0.0800. The standard InChI is InChI=1S/C19H38N2/c1-5-18-9-7-11-21(18)15-19(14-20-13-16(2)3)10-6-8-17(4)12-19/h16-18,20H,5-15H2,1-4H3. The lowest BCUT2D eigenvalue weighted by Gasteiger charge is -2.44. The van der Waals surface area contributed by atoms with Crippen molar-refractivity contribution in [2.24, 2.45) is 17.3 Å². The third kappa shape index (κ3) is 4.96. The second-order valence-corrected chi connectivity index (χ2v) is 8.40. The van der Waals surface area contributed by atoms with E-state index in [9.17, 15) is 0 Å². The number of hydrogen-bond donors (Lipinski definition) is 1. The van der Waals surface area contributed by atoms with E-state index in [1.54, 1.807) is 0 Å². The van der Waals surface area contributed by atoms with Gasteiger partial charge in [-0.15, -0.1) is 0 Å². The average Bonchev–Trinajstić information content (AvgIpc) is 2.85. The molecule has 2 heteroatoms. The van der Waals surface area contributed by atoms with Crippen LogP contribution in [0.5, 0.6) is 0 Å². The smallest absolute Gasteiger partial charge is 0.00933 e. The van der Waals surface area contributed by atoms with Crippen LogP contribution in [-0.2, 0) is 0 Å². The van der Waals surface area contributed by atoms with Gasteiger partial charge in [-0.05, 0) is 62.4 Å². The summed E-state index contributed by atoms with van der Waals surface area (Å²) >= 11 is 0. The molecule has 3 unspecified atom stereocenters. The maximum absolute atomic E-state index is 3.80. The highest BCUT2D eigenvalue weighted by Crippen LogP contribution is 2.41. The van der Waals surface area contributed by atoms with Crippen LogP contribution in [0, 0.1) is 17.3 Å². The molecule has 0 aromatic heterocycles. The largest absolute Gasteiger partial charge is 0.316 e. The van der Waals surface area contributed by atoms with Crippen molar-refractivity contribution in [2.75, 3.05) is 26.2 Å². The fraction of sp³-hybridized carbons (Fsp3) is 1.00. The summed E-state index contributed by atoms with van der Waals surface area (Å²) in [5, 5.41) is 3.80. The Bertz CT molecular complexity index is 302. The Morgan fingerprint density at radius 1 is 1.24 bits per heavy atom. The zero-order valence-corrected chi connectivity index (χ0v) is 15.0. The van der Waals surface area contributed by atoms with Gasteiger partial charge in [0.2, 0.25) is 0 Å². The lowest BCUT2D eigenvalue weighted by molar-refractivity contribution is 0.0724. The van der Waals surface area contributed by atoms with Crippen molar-refractivity contribution >= 4 is 0 Å². The van der Waals surface area contributed by atoms with E-state index in [0.717, 1.165) is 17.9 Å². The molecule has 1 aliphatic heterocycles. The fourth-order valence-corrected chi connectivity index (χ4v) is 4.75. The number of likely N-dealkylation sites (tertiary alicyclic amines) is 1. The van der Waals surface area contributed by atoms with Crippen LogP contribution in [-0.4, -0.2) is 37.1 Å². The quantitative estimate of drug-likeness (QED) is 0.753. The number of nitrogens with one attached hydrogen (secondary N) is 1. The molecular formula is C19H38N2. The van der Waals surface area contributed by atoms with Gasteiger partial charge in [-0.2, -0.15) is 0 Å². The summed E-state index contributed by atoms with van der Waals surface area (Å²) in [5.74, 6) is 1.68. The molecule has 1 saturated heterocycles. The van der Waals surface area contributed by atoms with Gasteiger partial charge < -0.3 is 5.32 Å². The Kier molecular flexibility index (Phi) is 6.55. The molecule has 0 aromatic carbocycles. The van der Waals surface area contributed by atoms with E-state index in [2.05, 4.69) is 37.9 Å². The Balaban J connectivity index is 1.97. The minimum atomic E-state index is 0.546. The molecule has 2 nitrogen and oxygen atoms in total. The predicted octanol–water partition coefficient (Wildman–Crippen LogP) is 4.30. The topological polar surface area (TPSA) is 15.3 Å². The zero-order valence-electron chi connectivity index (χ0n) is 15.0. The molecule has 0 amide bonds. The van der Waals surface area contributed by atoms with E-state index in [-0.39, 0.29) is 0 Å². The summed E-state index contributed by atoms with van der Waals surface area (Å²) in [5.41, 5.74) is 0.546. The third-order valence-electron chi connectivity index (χ3n) is 5.75. The van der Waals surface area contributed by atoms with E-state index in [1.165, 1.54) is 71.1 Å². The highest BCUT2D eigenvalue weighted by atomic mass is 15.2. The number of rotatable bonds is 7. The van der Waals surface area contributed by atoms with E-state index in [0.29, 0.717) is 5.41 Å². The molecule has 124 valence electrons. The summed E-state index contributed by atoms with van der Waals surface area (Å²) in [6.45, 7) is 14.6. The van der Waals surface area contributed by atoms with Crippen LogP contribution < -0.4 is 5.32 Å². The minimum absolute atomic E-state index is 0.546. The molecule has 0 aromatic rings. The van der Waals surface area contributed by atoms with Crippen molar-refractivity contribution in [3.05, 3.63) is 0 Å². The van der Waals surface area contributed by atoms with Gasteiger partial charge in [-0.25, -0.2) is 0 Å². The predicted molar refractivity (Wildman–Crippen MR) is 92.7 cm³/mol. The zero-order chi connectivity index (χ0) is 15.3. The van der Waals surface area contributed by atoms with E-state index in [4.69, 9.17) is 0 Å². The first kappa shape index (κ1) is 17.3. The third-order valence-corrected chi connectivity index (χ3v) is 5.75. The van der Waals surface area contributed by atoms with Crippen LogP contribution in [0.15, 0.2) is 0 Å². The van der Waals surface area contributed by atoms with Gasteiger partial charge in [-0.1, -0.05) is 40.5 Å². The molecule has 1 saturated carbocycles. The second kappa shape index (κ2) is 7.97. The Morgan fingerprint density at radius 2 is 2.05 bits per heavy atom. The molecule has 2 rings (SSSR count). The lowest BCUT2D eigenvalue weighted by Crippen LogP contribution is -2.48. The highest BCUT2D eigenvalue weighted by Gasteiger charge is 2.38. The molecule has 2 fully saturated rings. The molecule has 21 heavy (non-hydrogen) atoms. The molecule has 3 atom stereocenters. The fourth-order valence-electron chi connectivity index (χ4n) is 4.75. The van der Waals surface area contributed by atoms with Crippen molar-refractivity contribution in [1.82, 2.24) is 10.2 Å². The SMILES string of the molecule is CCC1CCCN1CC1(CNCC(C)C)CCCC(C)C1. The van der Waals surface area contributed by atoms with Crippen LogP contribution in [0.3, 0.4) is 0 Å². The maximum atomic E-state index is 3.80. The summed E-state index contributed by atoms with van der Waals surface area (Å²) in [6.07, 6.45) is 9.95. The molecule has 0 bridgehead atoms.